The zero-order chi connectivity index (χ0) is 32.4. The number of amides is 1. The summed E-state index contributed by atoms with van der Waals surface area (Å²) in [6, 6.07) is 9.30. The van der Waals surface area contributed by atoms with E-state index in [2.05, 4.69) is 26.1 Å². The van der Waals surface area contributed by atoms with Crippen molar-refractivity contribution in [2.45, 2.75) is 124 Å². The Morgan fingerprint density at radius 1 is 0.911 bits per heavy atom. The molecule has 7 heteroatoms. The van der Waals surface area contributed by atoms with Crippen molar-refractivity contribution < 1.29 is 23.9 Å². The minimum absolute atomic E-state index is 0.0180. The summed E-state index contributed by atoms with van der Waals surface area (Å²) in [5.41, 5.74) is 7.60. The Morgan fingerprint density at radius 3 is 2.36 bits per heavy atom. The molecule has 45 heavy (non-hydrogen) atoms. The van der Waals surface area contributed by atoms with Gasteiger partial charge in [-0.3, -0.25) is 14.4 Å². The monoisotopic (exact) mass is 622 g/mol. The van der Waals surface area contributed by atoms with E-state index in [9.17, 15) is 14.4 Å². The Bertz CT molecular complexity index is 1190. The molecular weight excluding hydrogens is 564 g/mol. The van der Waals surface area contributed by atoms with Gasteiger partial charge in [-0.05, 0) is 122 Å². The second-order valence-corrected chi connectivity index (χ2v) is 15.9. The lowest BCUT2D eigenvalue weighted by Gasteiger charge is -2.61. The van der Waals surface area contributed by atoms with Gasteiger partial charge in [0.2, 0.25) is 5.91 Å². The maximum atomic E-state index is 12.6. The van der Waals surface area contributed by atoms with Crippen LogP contribution in [0.2, 0.25) is 0 Å². The average molecular weight is 623 g/mol. The van der Waals surface area contributed by atoms with Gasteiger partial charge >= 0.3 is 11.9 Å². The van der Waals surface area contributed by atoms with Gasteiger partial charge in [-0.25, -0.2) is 0 Å². The van der Waals surface area contributed by atoms with Crippen LogP contribution < -0.4 is 11.1 Å². The lowest BCUT2D eigenvalue weighted by molar-refractivity contribution is -0.162. The van der Waals surface area contributed by atoms with E-state index in [1.807, 2.05) is 44.2 Å². The molecule has 5 rings (SSSR count). The average Bonchev–Trinajstić information content (AvgIpc) is 3.39. The molecule has 0 spiro atoms. The van der Waals surface area contributed by atoms with Gasteiger partial charge < -0.3 is 20.5 Å². The molecule has 1 aromatic rings. The number of fused-ring (bicyclic) bond motifs is 5. The SMILES string of the molecule is CC(C)[C@H](N)C(=O)NCC(=O)O[C@@H]1CC[C@@]2(C)[C@H](CC[C@@H]3[C@@H]2CC[C@]2(C)[C@@H]([C@@H](C)CCC(=O)OCc4ccccc4)CC[C@@H]32)C1. The van der Waals surface area contributed by atoms with Gasteiger partial charge in [-0.1, -0.05) is 65.0 Å². The number of hydrogen-bond donors (Lipinski definition) is 2. The maximum absolute atomic E-state index is 12.6. The summed E-state index contributed by atoms with van der Waals surface area (Å²) in [5, 5.41) is 2.65. The summed E-state index contributed by atoms with van der Waals surface area (Å²) in [4.78, 5) is 37.3. The standard InChI is InChI=1S/C38H58N2O5/c1-24(2)35(39)36(43)40-22-34(42)45-28-17-19-37(4)27(21-28)12-13-29-31-15-14-30(38(31,5)20-18-32(29)37)25(3)11-16-33(41)44-23-26-9-7-6-8-10-26/h6-10,24-25,27-32,35H,11-23,39H2,1-5H3,(H,40,43)/t25-,27+,28+,29-,30+,31-,32-,35-,37-,38+/m0/s1. The van der Waals surface area contributed by atoms with Gasteiger partial charge in [-0.2, -0.15) is 0 Å². The molecule has 3 N–H and O–H groups in total. The molecule has 0 unspecified atom stereocenters. The number of ether oxygens (including phenoxy) is 2. The first-order valence-electron chi connectivity index (χ1n) is 17.8. The van der Waals surface area contributed by atoms with E-state index < -0.39 is 6.04 Å². The predicted octanol–water partition coefficient (Wildman–Crippen LogP) is 6.82. The van der Waals surface area contributed by atoms with Crippen LogP contribution in [0.3, 0.4) is 0 Å². The Labute approximate surface area is 271 Å². The molecule has 7 nitrogen and oxygen atoms in total. The summed E-state index contributed by atoms with van der Waals surface area (Å²) in [5.74, 6) is 3.33. The van der Waals surface area contributed by atoms with Crippen LogP contribution in [-0.2, 0) is 30.5 Å². The summed E-state index contributed by atoms with van der Waals surface area (Å²) in [6.45, 7) is 11.5. The Balaban J connectivity index is 1.11. The van der Waals surface area contributed by atoms with Crippen LogP contribution in [0.4, 0.5) is 0 Å². The molecule has 0 aromatic heterocycles. The molecule has 250 valence electrons. The molecule has 10 atom stereocenters. The minimum atomic E-state index is -0.618. The zero-order valence-corrected chi connectivity index (χ0v) is 28.4. The number of hydrogen-bond acceptors (Lipinski definition) is 6. The van der Waals surface area contributed by atoms with Crippen molar-refractivity contribution in [3.05, 3.63) is 35.9 Å². The third kappa shape index (κ3) is 7.29. The number of carbonyl (C=O) groups excluding carboxylic acids is 3. The second kappa shape index (κ2) is 14.1. The molecule has 0 aliphatic heterocycles. The molecule has 4 saturated carbocycles. The Morgan fingerprint density at radius 2 is 1.62 bits per heavy atom. The fraction of sp³-hybridized carbons (Fsp3) is 0.763. The van der Waals surface area contributed by atoms with Crippen LogP contribution in [0.1, 0.15) is 111 Å². The molecule has 0 saturated heterocycles. The van der Waals surface area contributed by atoms with Gasteiger partial charge in [0.1, 0.15) is 19.3 Å². The van der Waals surface area contributed by atoms with Crippen LogP contribution in [-0.4, -0.2) is 36.5 Å². The first-order valence-corrected chi connectivity index (χ1v) is 17.8. The fourth-order valence-electron chi connectivity index (χ4n) is 10.5. The second-order valence-electron chi connectivity index (χ2n) is 15.9. The number of nitrogens with one attached hydrogen (secondary N) is 1. The van der Waals surface area contributed by atoms with E-state index in [-0.39, 0.29) is 36.4 Å². The van der Waals surface area contributed by atoms with Crippen molar-refractivity contribution in [2.24, 2.45) is 58.0 Å². The van der Waals surface area contributed by atoms with E-state index in [1.54, 1.807) is 0 Å². The molecule has 4 aliphatic carbocycles. The quantitative estimate of drug-likeness (QED) is 0.262. The Kier molecular flexibility index (Phi) is 10.7. The van der Waals surface area contributed by atoms with Gasteiger partial charge in [0, 0.05) is 6.42 Å². The Hall–Kier alpha value is -2.41. The van der Waals surface area contributed by atoms with Crippen molar-refractivity contribution in [3.8, 4) is 0 Å². The smallest absolute Gasteiger partial charge is 0.325 e. The topological polar surface area (TPSA) is 108 Å². The van der Waals surface area contributed by atoms with E-state index in [1.165, 1.54) is 38.5 Å². The summed E-state index contributed by atoms with van der Waals surface area (Å²) >= 11 is 0. The molecule has 4 fully saturated rings. The first kappa shape index (κ1) is 33.9. The van der Waals surface area contributed by atoms with Crippen LogP contribution in [0.5, 0.6) is 0 Å². The van der Waals surface area contributed by atoms with E-state index >= 15 is 0 Å². The fourth-order valence-corrected chi connectivity index (χ4v) is 10.5. The highest BCUT2D eigenvalue weighted by Gasteiger charge is 2.60. The van der Waals surface area contributed by atoms with Crippen molar-refractivity contribution in [1.82, 2.24) is 5.32 Å². The molecule has 4 aliphatic rings. The summed E-state index contributed by atoms with van der Waals surface area (Å²) < 4.78 is 11.5. The normalized spacial score (nSPS) is 35.4. The van der Waals surface area contributed by atoms with E-state index in [0.29, 0.717) is 41.6 Å². The summed E-state index contributed by atoms with van der Waals surface area (Å²) in [7, 11) is 0. The van der Waals surface area contributed by atoms with Crippen LogP contribution in [0.15, 0.2) is 30.3 Å². The summed E-state index contributed by atoms with van der Waals surface area (Å²) in [6.07, 6.45) is 12.0. The van der Waals surface area contributed by atoms with Gasteiger partial charge in [0.15, 0.2) is 0 Å². The van der Waals surface area contributed by atoms with Crippen molar-refractivity contribution in [2.75, 3.05) is 6.54 Å². The molecule has 1 aromatic carbocycles. The van der Waals surface area contributed by atoms with Gasteiger partial charge in [-0.15, -0.1) is 0 Å². The third-order valence-corrected chi connectivity index (χ3v) is 13.2. The molecule has 0 heterocycles. The van der Waals surface area contributed by atoms with Crippen molar-refractivity contribution >= 4 is 17.8 Å². The highest BCUT2D eigenvalue weighted by atomic mass is 16.5. The zero-order valence-electron chi connectivity index (χ0n) is 28.4. The number of esters is 2. The first-order chi connectivity index (χ1) is 21.4. The highest BCUT2D eigenvalue weighted by molar-refractivity contribution is 5.85. The maximum Gasteiger partial charge on any atom is 0.325 e. The lowest BCUT2D eigenvalue weighted by atomic mass is 9.44. The number of nitrogens with two attached hydrogens (primary N) is 1. The number of carbonyl (C=O) groups is 3. The van der Waals surface area contributed by atoms with Gasteiger partial charge in [0.05, 0.1) is 6.04 Å². The third-order valence-electron chi connectivity index (χ3n) is 13.2. The van der Waals surface area contributed by atoms with Crippen molar-refractivity contribution in [3.63, 3.8) is 0 Å². The number of rotatable bonds is 11. The van der Waals surface area contributed by atoms with Crippen LogP contribution in [0.25, 0.3) is 0 Å². The van der Waals surface area contributed by atoms with E-state index in [4.69, 9.17) is 15.2 Å². The number of benzene rings is 1. The molecule has 1 amide bonds. The predicted molar refractivity (Wildman–Crippen MR) is 176 cm³/mol. The van der Waals surface area contributed by atoms with Crippen molar-refractivity contribution in [1.29, 1.82) is 0 Å². The van der Waals surface area contributed by atoms with Crippen LogP contribution in [0, 0.1) is 52.3 Å². The largest absolute Gasteiger partial charge is 0.461 e. The minimum Gasteiger partial charge on any atom is -0.461 e. The lowest BCUT2D eigenvalue weighted by Crippen LogP contribution is -2.54. The molecule has 0 bridgehead atoms. The van der Waals surface area contributed by atoms with E-state index in [0.717, 1.165) is 49.0 Å². The molecule has 0 radical (unpaired) electrons. The van der Waals surface area contributed by atoms with Crippen LogP contribution >= 0.6 is 0 Å². The molecular formula is C38H58N2O5. The van der Waals surface area contributed by atoms with Gasteiger partial charge in [0.25, 0.3) is 0 Å². The highest BCUT2D eigenvalue weighted by Crippen LogP contribution is 2.68.